The van der Waals surface area contributed by atoms with Gasteiger partial charge in [-0.3, -0.25) is 14.9 Å². The number of pyridine rings is 1. The Kier molecular flexibility index (Phi) is 4.56. The Morgan fingerprint density at radius 1 is 0.643 bits per heavy atom. The second-order valence-electron chi connectivity index (χ2n) is 6.28. The molecule has 0 aliphatic carbocycles. The van der Waals surface area contributed by atoms with Crippen LogP contribution < -0.4 is 5.56 Å². The summed E-state index contributed by atoms with van der Waals surface area (Å²) in [5.74, 6) is 0. The molecular weight excluding hydrogens is 352 g/mol. The van der Waals surface area contributed by atoms with Crippen LogP contribution in [0.25, 0.3) is 33.5 Å². The number of H-pyrrole nitrogens is 1. The molecule has 0 radical (unpaired) electrons. The molecule has 0 atom stereocenters. The van der Waals surface area contributed by atoms with E-state index in [2.05, 4.69) is 4.98 Å². The van der Waals surface area contributed by atoms with Gasteiger partial charge in [0.25, 0.3) is 0 Å². The van der Waals surface area contributed by atoms with Crippen LogP contribution in [-0.4, -0.2) is 9.91 Å². The van der Waals surface area contributed by atoms with Crippen LogP contribution in [-0.2, 0) is 0 Å². The summed E-state index contributed by atoms with van der Waals surface area (Å²) in [7, 11) is 0. The van der Waals surface area contributed by atoms with Crippen LogP contribution in [0, 0.1) is 10.1 Å². The molecule has 0 saturated carbocycles. The first kappa shape index (κ1) is 17.4. The maximum atomic E-state index is 12.7. The maximum absolute atomic E-state index is 12.7. The van der Waals surface area contributed by atoms with Crippen molar-refractivity contribution in [1.82, 2.24) is 4.98 Å². The Labute approximate surface area is 161 Å². The Hall–Kier alpha value is -3.99. The molecule has 1 aromatic heterocycles. The van der Waals surface area contributed by atoms with E-state index in [1.165, 1.54) is 0 Å². The Bertz CT molecular complexity index is 1190. The summed E-state index contributed by atoms with van der Waals surface area (Å²) in [6.45, 7) is 0. The van der Waals surface area contributed by atoms with Crippen LogP contribution in [0.2, 0.25) is 0 Å². The number of benzene rings is 3. The molecule has 0 aliphatic rings. The van der Waals surface area contributed by atoms with Gasteiger partial charge in [-0.25, -0.2) is 0 Å². The van der Waals surface area contributed by atoms with Crippen LogP contribution >= 0.6 is 0 Å². The third-order valence-corrected chi connectivity index (χ3v) is 4.56. The first-order chi connectivity index (χ1) is 13.7. The highest BCUT2D eigenvalue weighted by Gasteiger charge is 2.28. The van der Waals surface area contributed by atoms with Gasteiger partial charge in [-0.05, 0) is 16.7 Å². The van der Waals surface area contributed by atoms with Crippen molar-refractivity contribution in [3.05, 3.63) is 111 Å². The van der Waals surface area contributed by atoms with E-state index in [1.54, 1.807) is 24.3 Å². The highest BCUT2D eigenvalue weighted by Crippen LogP contribution is 2.41. The van der Waals surface area contributed by atoms with E-state index in [0.29, 0.717) is 22.4 Å². The second kappa shape index (κ2) is 7.32. The molecule has 5 nitrogen and oxygen atoms in total. The normalized spacial score (nSPS) is 10.6. The monoisotopic (exact) mass is 368 g/mol. The Morgan fingerprint density at radius 2 is 1.07 bits per heavy atom. The fourth-order valence-electron chi connectivity index (χ4n) is 3.37. The molecule has 1 N–H and O–H groups in total. The Balaban J connectivity index is 2.20. The van der Waals surface area contributed by atoms with Crippen LogP contribution in [0.3, 0.4) is 0 Å². The Morgan fingerprint density at radius 3 is 1.54 bits per heavy atom. The van der Waals surface area contributed by atoms with Gasteiger partial charge in [-0.15, -0.1) is 0 Å². The third-order valence-electron chi connectivity index (χ3n) is 4.56. The highest BCUT2D eigenvalue weighted by molar-refractivity contribution is 5.96. The maximum Gasteiger partial charge on any atom is 0.342 e. The van der Waals surface area contributed by atoms with Gasteiger partial charge in [0.2, 0.25) is 0 Å². The number of hydrogen-bond donors (Lipinski definition) is 1. The molecule has 3 aromatic carbocycles. The van der Waals surface area contributed by atoms with Crippen molar-refractivity contribution in [2.45, 2.75) is 0 Å². The highest BCUT2D eigenvalue weighted by atomic mass is 16.6. The summed E-state index contributed by atoms with van der Waals surface area (Å²) in [6, 6.07) is 27.8. The summed E-state index contributed by atoms with van der Waals surface area (Å²) in [5.41, 5.74) is 2.53. The second-order valence-corrected chi connectivity index (χ2v) is 6.28. The number of nitrogens with one attached hydrogen (secondary N) is 1. The van der Waals surface area contributed by atoms with Gasteiger partial charge in [0.1, 0.15) is 0 Å². The molecule has 0 bridgehead atoms. The average Bonchev–Trinajstić information content (AvgIpc) is 2.74. The lowest BCUT2D eigenvalue weighted by atomic mass is 9.90. The molecule has 4 aromatic rings. The van der Waals surface area contributed by atoms with Crippen LogP contribution in [0.1, 0.15) is 0 Å². The average molecular weight is 368 g/mol. The minimum Gasteiger partial charge on any atom is -0.315 e. The molecular formula is C23H16N2O3. The first-order valence-corrected chi connectivity index (χ1v) is 8.77. The standard InChI is InChI=1S/C23H16N2O3/c26-23-22(25(27)28)20(17-12-6-2-7-13-17)19(16-10-4-1-5-11-16)21(24-23)18-14-8-3-9-15-18/h1-15H,(H,24,26). The van der Waals surface area contributed by atoms with Crippen molar-refractivity contribution in [1.29, 1.82) is 0 Å². The zero-order chi connectivity index (χ0) is 19.5. The van der Waals surface area contributed by atoms with E-state index in [0.717, 1.165) is 11.1 Å². The van der Waals surface area contributed by atoms with Gasteiger partial charge in [0.05, 0.1) is 16.2 Å². The fraction of sp³-hybridized carbons (Fsp3) is 0. The fourth-order valence-corrected chi connectivity index (χ4v) is 3.37. The van der Waals surface area contributed by atoms with E-state index in [1.807, 2.05) is 66.7 Å². The van der Waals surface area contributed by atoms with E-state index in [9.17, 15) is 14.9 Å². The minimum atomic E-state index is -0.720. The lowest BCUT2D eigenvalue weighted by Crippen LogP contribution is -2.15. The summed E-state index contributed by atoms with van der Waals surface area (Å²) < 4.78 is 0. The zero-order valence-corrected chi connectivity index (χ0v) is 14.8. The summed E-state index contributed by atoms with van der Waals surface area (Å²) in [4.78, 5) is 26.7. The van der Waals surface area contributed by atoms with Crippen molar-refractivity contribution < 1.29 is 4.92 Å². The molecule has 0 spiro atoms. The lowest BCUT2D eigenvalue weighted by Gasteiger charge is -2.16. The molecule has 0 unspecified atom stereocenters. The van der Waals surface area contributed by atoms with E-state index in [4.69, 9.17) is 0 Å². The molecule has 0 aliphatic heterocycles. The van der Waals surface area contributed by atoms with Gasteiger partial charge in [-0.2, -0.15) is 0 Å². The van der Waals surface area contributed by atoms with Gasteiger partial charge >= 0.3 is 11.2 Å². The first-order valence-electron chi connectivity index (χ1n) is 8.77. The van der Waals surface area contributed by atoms with E-state index in [-0.39, 0.29) is 0 Å². The molecule has 0 fully saturated rings. The number of rotatable bonds is 4. The van der Waals surface area contributed by atoms with Crippen molar-refractivity contribution in [3.8, 4) is 33.5 Å². The van der Waals surface area contributed by atoms with E-state index < -0.39 is 16.2 Å². The van der Waals surface area contributed by atoms with Crippen LogP contribution in [0.5, 0.6) is 0 Å². The van der Waals surface area contributed by atoms with Crippen molar-refractivity contribution in [2.24, 2.45) is 0 Å². The van der Waals surface area contributed by atoms with Gasteiger partial charge in [0, 0.05) is 5.56 Å². The molecule has 0 saturated heterocycles. The molecule has 4 rings (SSSR count). The number of nitro groups is 1. The quantitative estimate of drug-likeness (QED) is 0.393. The largest absolute Gasteiger partial charge is 0.342 e. The number of aromatic amines is 1. The van der Waals surface area contributed by atoms with Crippen molar-refractivity contribution in [3.63, 3.8) is 0 Å². The zero-order valence-electron chi connectivity index (χ0n) is 14.8. The SMILES string of the molecule is O=c1[nH]c(-c2ccccc2)c(-c2ccccc2)c(-c2ccccc2)c1[N+](=O)[O-]. The summed E-state index contributed by atoms with van der Waals surface area (Å²) in [6.07, 6.45) is 0. The topological polar surface area (TPSA) is 76.0 Å². The minimum absolute atomic E-state index is 0.319. The van der Waals surface area contributed by atoms with Gasteiger partial charge < -0.3 is 4.98 Å². The van der Waals surface area contributed by atoms with Crippen molar-refractivity contribution >= 4 is 5.69 Å². The predicted molar refractivity (Wildman–Crippen MR) is 110 cm³/mol. The predicted octanol–water partition coefficient (Wildman–Crippen LogP) is 5.28. The third kappa shape index (κ3) is 3.10. The van der Waals surface area contributed by atoms with Gasteiger partial charge in [-0.1, -0.05) is 91.0 Å². The molecule has 136 valence electrons. The number of nitrogens with zero attached hydrogens (tertiary/aromatic N) is 1. The van der Waals surface area contributed by atoms with E-state index >= 15 is 0 Å². The number of aromatic nitrogens is 1. The summed E-state index contributed by atoms with van der Waals surface area (Å²) in [5, 5.41) is 11.8. The molecule has 5 heteroatoms. The van der Waals surface area contributed by atoms with Crippen molar-refractivity contribution in [2.75, 3.05) is 0 Å². The molecule has 1 heterocycles. The van der Waals surface area contributed by atoms with Crippen LogP contribution in [0.4, 0.5) is 5.69 Å². The molecule has 0 amide bonds. The van der Waals surface area contributed by atoms with Gasteiger partial charge in [0.15, 0.2) is 0 Å². The lowest BCUT2D eigenvalue weighted by molar-refractivity contribution is -0.385. The number of hydrogen-bond acceptors (Lipinski definition) is 3. The van der Waals surface area contributed by atoms with Crippen LogP contribution in [0.15, 0.2) is 95.8 Å². The summed E-state index contributed by atoms with van der Waals surface area (Å²) >= 11 is 0. The smallest absolute Gasteiger partial charge is 0.315 e. The molecule has 28 heavy (non-hydrogen) atoms.